The first-order valence-corrected chi connectivity index (χ1v) is 6.65. The first kappa shape index (κ1) is 14.2. The average molecular weight is 284 g/mol. The summed E-state index contributed by atoms with van der Waals surface area (Å²) in [4.78, 5) is 12.7. The van der Waals surface area contributed by atoms with Gasteiger partial charge in [-0.3, -0.25) is 15.0 Å². The largest absolute Gasteiger partial charge is 0.309 e. The maximum absolute atomic E-state index is 10.9. The minimum atomic E-state index is -0.437. The van der Waals surface area contributed by atoms with Crippen LogP contribution in [0.15, 0.2) is 18.2 Å². The predicted molar refractivity (Wildman–Crippen MR) is 75.5 cm³/mol. The maximum atomic E-state index is 10.9. The van der Waals surface area contributed by atoms with Crippen molar-refractivity contribution in [3.05, 3.63) is 38.9 Å². The molecule has 1 N–H and O–H groups in total. The van der Waals surface area contributed by atoms with Crippen LogP contribution in [0.1, 0.15) is 19.4 Å². The number of rotatable bonds is 3. The lowest BCUT2D eigenvalue weighted by Gasteiger charge is -2.39. The summed E-state index contributed by atoms with van der Waals surface area (Å²) in [5, 5.41) is 14.5. The molecule has 0 atom stereocenters. The zero-order chi connectivity index (χ0) is 14.0. The van der Waals surface area contributed by atoms with Crippen LogP contribution in [0.2, 0.25) is 5.02 Å². The molecule has 1 saturated heterocycles. The summed E-state index contributed by atoms with van der Waals surface area (Å²) in [6.07, 6.45) is 0. The highest BCUT2D eigenvalue weighted by Crippen LogP contribution is 2.26. The number of nitrogens with zero attached hydrogens (tertiary/aromatic N) is 2. The predicted octanol–water partition coefficient (Wildman–Crippen LogP) is 2.43. The molecule has 1 aromatic carbocycles. The fraction of sp³-hybridized carbons (Fsp3) is 0.538. The van der Waals surface area contributed by atoms with Gasteiger partial charge in [0.05, 0.1) is 4.92 Å². The standard InChI is InChI=1S/C13H18ClN3O2/c1-13(2)9-16(6-5-15-13)8-10-3-4-11(14)12(7-10)17(18)19/h3-4,7,15H,5-6,8-9H2,1-2H3. The Labute approximate surface area is 117 Å². The molecule has 104 valence electrons. The van der Waals surface area contributed by atoms with Gasteiger partial charge in [-0.2, -0.15) is 0 Å². The third kappa shape index (κ3) is 3.65. The van der Waals surface area contributed by atoms with Crippen LogP contribution >= 0.6 is 11.6 Å². The molecule has 19 heavy (non-hydrogen) atoms. The molecule has 0 saturated carbocycles. The Bertz CT molecular complexity index is 491. The van der Waals surface area contributed by atoms with Crippen LogP contribution in [0.3, 0.4) is 0 Å². The number of nitro benzene ring substituents is 1. The highest BCUT2D eigenvalue weighted by atomic mass is 35.5. The van der Waals surface area contributed by atoms with E-state index in [2.05, 4.69) is 24.1 Å². The van der Waals surface area contributed by atoms with Crippen LogP contribution in [0.5, 0.6) is 0 Å². The van der Waals surface area contributed by atoms with Crippen molar-refractivity contribution in [3.63, 3.8) is 0 Å². The molecule has 0 aromatic heterocycles. The maximum Gasteiger partial charge on any atom is 0.288 e. The molecule has 1 aromatic rings. The van der Waals surface area contributed by atoms with E-state index in [1.807, 2.05) is 6.07 Å². The van der Waals surface area contributed by atoms with E-state index in [4.69, 9.17) is 11.6 Å². The number of halogens is 1. The minimum Gasteiger partial charge on any atom is -0.309 e. The number of benzene rings is 1. The minimum absolute atomic E-state index is 0.0199. The molecule has 6 heteroatoms. The van der Waals surface area contributed by atoms with Crippen LogP contribution in [0.25, 0.3) is 0 Å². The topological polar surface area (TPSA) is 58.4 Å². The normalized spacial score (nSPS) is 19.3. The number of nitro groups is 1. The Balaban J connectivity index is 2.11. The lowest BCUT2D eigenvalue weighted by atomic mass is 10.0. The fourth-order valence-electron chi connectivity index (χ4n) is 2.44. The van der Waals surface area contributed by atoms with Crippen molar-refractivity contribution in [1.29, 1.82) is 0 Å². The second-order valence-corrected chi connectivity index (χ2v) is 5.97. The van der Waals surface area contributed by atoms with Crippen molar-refractivity contribution in [1.82, 2.24) is 10.2 Å². The van der Waals surface area contributed by atoms with Gasteiger partial charge < -0.3 is 5.32 Å². The molecule has 0 unspecified atom stereocenters. The second-order valence-electron chi connectivity index (χ2n) is 5.56. The Morgan fingerprint density at radius 3 is 2.89 bits per heavy atom. The smallest absolute Gasteiger partial charge is 0.288 e. The van der Waals surface area contributed by atoms with Crippen LogP contribution in [0, 0.1) is 10.1 Å². The van der Waals surface area contributed by atoms with Crippen molar-refractivity contribution in [2.45, 2.75) is 25.9 Å². The lowest BCUT2D eigenvalue weighted by Crippen LogP contribution is -2.56. The molecule has 0 spiro atoms. The van der Waals surface area contributed by atoms with Gasteiger partial charge in [-0.15, -0.1) is 0 Å². The molecular weight excluding hydrogens is 266 g/mol. The van der Waals surface area contributed by atoms with Crippen LogP contribution in [-0.2, 0) is 6.54 Å². The second kappa shape index (κ2) is 5.45. The van der Waals surface area contributed by atoms with Crippen molar-refractivity contribution in [3.8, 4) is 0 Å². The molecule has 1 heterocycles. The van der Waals surface area contributed by atoms with Crippen molar-refractivity contribution in [2.24, 2.45) is 0 Å². The molecule has 1 fully saturated rings. The fourth-order valence-corrected chi connectivity index (χ4v) is 2.62. The van der Waals surface area contributed by atoms with E-state index in [0.29, 0.717) is 6.54 Å². The first-order chi connectivity index (χ1) is 8.87. The number of piperazine rings is 1. The van der Waals surface area contributed by atoms with E-state index >= 15 is 0 Å². The Morgan fingerprint density at radius 1 is 1.53 bits per heavy atom. The van der Waals surface area contributed by atoms with Gasteiger partial charge in [0.25, 0.3) is 5.69 Å². The van der Waals surface area contributed by atoms with E-state index < -0.39 is 4.92 Å². The van der Waals surface area contributed by atoms with Crippen molar-refractivity contribution >= 4 is 17.3 Å². The molecule has 1 aliphatic rings. The SMILES string of the molecule is CC1(C)CN(Cc2ccc(Cl)c([N+](=O)[O-])c2)CCN1. The third-order valence-electron chi connectivity index (χ3n) is 3.26. The van der Waals surface area contributed by atoms with Crippen molar-refractivity contribution < 1.29 is 4.92 Å². The number of nitrogens with one attached hydrogen (secondary N) is 1. The van der Waals surface area contributed by atoms with Gasteiger partial charge in [0.15, 0.2) is 0 Å². The highest BCUT2D eigenvalue weighted by molar-refractivity contribution is 6.32. The monoisotopic (exact) mass is 283 g/mol. The summed E-state index contributed by atoms with van der Waals surface area (Å²) in [7, 11) is 0. The zero-order valence-corrected chi connectivity index (χ0v) is 11.9. The molecule has 5 nitrogen and oxygen atoms in total. The molecule has 0 bridgehead atoms. The molecule has 0 radical (unpaired) electrons. The van der Waals surface area contributed by atoms with Crippen LogP contribution < -0.4 is 5.32 Å². The Morgan fingerprint density at radius 2 is 2.26 bits per heavy atom. The van der Waals surface area contributed by atoms with E-state index in [1.54, 1.807) is 12.1 Å². The van der Waals surface area contributed by atoms with E-state index in [1.165, 1.54) is 0 Å². The molecule has 2 rings (SSSR count). The highest BCUT2D eigenvalue weighted by Gasteiger charge is 2.25. The van der Waals surface area contributed by atoms with Crippen molar-refractivity contribution in [2.75, 3.05) is 19.6 Å². The summed E-state index contributed by atoms with van der Waals surface area (Å²) >= 11 is 5.81. The van der Waals surface area contributed by atoms with E-state index in [9.17, 15) is 10.1 Å². The van der Waals surface area contributed by atoms with Gasteiger partial charge in [0.2, 0.25) is 0 Å². The molecule has 1 aliphatic heterocycles. The van der Waals surface area contributed by atoms with Gasteiger partial charge in [0, 0.05) is 37.8 Å². The van der Waals surface area contributed by atoms with Gasteiger partial charge >= 0.3 is 0 Å². The van der Waals surface area contributed by atoms with Gasteiger partial charge in [-0.05, 0) is 25.5 Å². The molecular formula is C13H18ClN3O2. The van der Waals surface area contributed by atoms with E-state index in [0.717, 1.165) is 25.2 Å². The summed E-state index contributed by atoms with van der Waals surface area (Å²) in [6, 6.07) is 5.02. The molecule has 0 amide bonds. The average Bonchev–Trinajstić information content (AvgIpc) is 2.30. The zero-order valence-electron chi connectivity index (χ0n) is 11.1. The quantitative estimate of drug-likeness (QED) is 0.684. The lowest BCUT2D eigenvalue weighted by molar-refractivity contribution is -0.384. The van der Waals surface area contributed by atoms with E-state index in [-0.39, 0.29) is 16.2 Å². The summed E-state index contributed by atoms with van der Waals surface area (Å²) in [6.45, 7) is 7.82. The Kier molecular flexibility index (Phi) is 4.08. The van der Waals surface area contributed by atoms with Gasteiger partial charge in [-0.25, -0.2) is 0 Å². The number of hydrogen-bond acceptors (Lipinski definition) is 4. The Hall–Kier alpha value is -1.17. The number of hydrogen-bond donors (Lipinski definition) is 1. The van der Waals surface area contributed by atoms with Gasteiger partial charge in [0.1, 0.15) is 5.02 Å². The third-order valence-corrected chi connectivity index (χ3v) is 3.58. The van der Waals surface area contributed by atoms with Crippen LogP contribution in [0.4, 0.5) is 5.69 Å². The summed E-state index contributed by atoms with van der Waals surface area (Å²) in [5.74, 6) is 0. The molecule has 0 aliphatic carbocycles. The summed E-state index contributed by atoms with van der Waals surface area (Å²) < 4.78 is 0. The first-order valence-electron chi connectivity index (χ1n) is 6.28. The van der Waals surface area contributed by atoms with Gasteiger partial charge in [-0.1, -0.05) is 17.7 Å². The summed E-state index contributed by atoms with van der Waals surface area (Å²) in [5.41, 5.74) is 0.985. The van der Waals surface area contributed by atoms with Crippen LogP contribution in [-0.4, -0.2) is 35.0 Å².